The van der Waals surface area contributed by atoms with Crippen LogP contribution in [0.1, 0.15) is 50.8 Å². The van der Waals surface area contributed by atoms with E-state index in [0.29, 0.717) is 31.2 Å². The number of nitriles is 1. The van der Waals surface area contributed by atoms with E-state index in [9.17, 15) is 10.1 Å². The third-order valence-corrected chi connectivity index (χ3v) is 7.43. The number of hydrogen-bond donors (Lipinski definition) is 1. The first-order valence-corrected chi connectivity index (χ1v) is 11.5. The molecule has 0 unspecified atom stereocenters. The van der Waals surface area contributed by atoms with Gasteiger partial charge in [0, 0.05) is 25.0 Å². The van der Waals surface area contributed by atoms with E-state index < -0.39 is 5.54 Å². The van der Waals surface area contributed by atoms with Crippen molar-refractivity contribution in [2.75, 3.05) is 26.9 Å². The molecule has 1 amide bonds. The molecule has 1 aromatic rings. The molecule has 2 aliphatic heterocycles. The SMILES string of the molecule is CO[C@@H](C(C)C)[C@@H](C)C[C@H]1Cc2ccc(C#N)cc2[C@]12N=C(N)N(CC1(C)COC1)C2=O. The molecule has 172 valence electrons. The van der Waals surface area contributed by atoms with Crippen LogP contribution in [0.4, 0.5) is 0 Å². The number of hydrogen-bond acceptors (Lipinski definition) is 6. The minimum absolute atomic E-state index is 0.0423. The molecule has 2 N–H and O–H groups in total. The average Bonchev–Trinajstić information content (AvgIpc) is 3.15. The zero-order chi connectivity index (χ0) is 23.3. The highest BCUT2D eigenvalue weighted by Crippen LogP contribution is 2.51. The fourth-order valence-corrected chi connectivity index (χ4v) is 5.93. The summed E-state index contributed by atoms with van der Waals surface area (Å²) in [6.07, 6.45) is 1.60. The number of nitrogens with zero attached hydrogens (tertiary/aromatic N) is 3. The van der Waals surface area contributed by atoms with E-state index >= 15 is 0 Å². The molecule has 4 rings (SSSR count). The van der Waals surface area contributed by atoms with Gasteiger partial charge in [0.15, 0.2) is 11.5 Å². The van der Waals surface area contributed by atoms with Crippen LogP contribution >= 0.6 is 0 Å². The number of methoxy groups -OCH3 is 1. The van der Waals surface area contributed by atoms with Crippen molar-refractivity contribution in [1.29, 1.82) is 5.26 Å². The highest BCUT2D eigenvalue weighted by Gasteiger charge is 2.59. The van der Waals surface area contributed by atoms with Crippen LogP contribution in [0.3, 0.4) is 0 Å². The molecule has 7 heteroatoms. The number of nitrogens with two attached hydrogens (primary N) is 1. The summed E-state index contributed by atoms with van der Waals surface area (Å²) in [6, 6.07) is 7.84. The second-order valence-corrected chi connectivity index (χ2v) is 10.5. The highest BCUT2D eigenvalue weighted by molar-refractivity contribution is 6.08. The lowest BCUT2D eigenvalue weighted by atomic mass is 9.76. The van der Waals surface area contributed by atoms with Crippen LogP contribution in [-0.2, 0) is 26.2 Å². The second kappa shape index (κ2) is 8.17. The van der Waals surface area contributed by atoms with Crippen molar-refractivity contribution < 1.29 is 14.3 Å². The Kier molecular flexibility index (Phi) is 5.81. The van der Waals surface area contributed by atoms with Crippen molar-refractivity contribution in [2.24, 2.45) is 33.9 Å². The lowest BCUT2D eigenvalue weighted by Gasteiger charge is -2.41. The van der Waals surface area contributed by atoms with Crippen molar-refractivity contribution in [1.82, 2.24) is 4.90 Å². The molecular weight excluding hydrogens is 404 g/mol. The molecule has 0 aromatic heterocycles. The number of fused-ring (bicyclic) bond motifs is 2. The van der Waals surface area contributed by atoms with Gasteiger partial charge in [-0.1, -0.05) is 33.8 Å². The standard InChI is InChI=1S/C25H34N4O3/c1-15(2)21(31-5)16(3)8-19-10-18-7-6-17(11-26)9-20(18)25(19)22(30)29(23(27)28-25)12-24(4)13-32-14-24/h6-7,9,15-16,19,21H,8,10,12-14H2,1-5H3,(H2,27,28)/t16-,19-,21-,25+/m0/s1. The van der Waals surface area contributed by atoms with Crippen molar-refractivity contribution in [3.05, 3.63) is 34.9 Å². The first-order valence-electron chi connectivity index (χ1n) is 11.5. The van der Waals surface area contributed by atoms with E-state index in [1.165, 1.54) is 0 Å². The molecule has 1 saturated heterocycles. The molecule has 0 bridgehead atoms. The fourth-order valence-electron chi connectivity index (χ4n) is 5.93. The Labute approximate surface area is 190 Å². The third-order valence-electron chi connectivity index (χ3n) is 7.43. The van der Waals surface area contributed by atoms with Crippen LogP contribution in [0, 0.1) is 34.5 Å². The van der Waals surface area contributed by atoms with Crippen LogP contribution in [-0.4, -0.2) is 49.7 Å². The van der Waals surface area contributed by atoms with Crippen LogP contribution in [0.2, 0.25) is 0 Å². The maximum Gasteiger partial charge on any atom is 0.262 e. The van der Waals surface area contributed by atoms with Crippen molar-refractivity contribution in [3.8, 4) is 6.07 Å². The number of amides is 1. The number of rotatable bonds is 7. The largest absolute Gasteiger partial charge is 0.381 e. The minimum Gasteiger partial charge on any atom is -0.381 e. The molecular formula is C25H34N4O3. The number of aliphatic imine (C=N–C) groups is 1. The Morgan fingerprint density at radius 3 is 2.66 bits per heavy atom. The summed E-state index contributed by atoms with van der Waals surface area (Å²) >= 11 is 0. The van der Waals surface area contributed by atoms with Gasteiger partial charge in [-0.2, -0.15) is 5.26 Å². The highest BCUT2D eigenvalue weighted by atomic mass is 16.5. The maximum absolute atomic E-state index is 14.1. The smallest absolute Gasteiger partial charge is 0.262 e. The maximum atomic E-state index is 14.1. The van der Waals surface area contributed by atoms with Crippen LogP contribution < -0.4 is 5.73 Å². The monoisotopic (exact) mass is 438 g/mol. The molecule has 1 aromatic carbocycles. The molecule has 2 heterocycles. The summed E-state index contributed by atoms with van der Waals surface area (Å²) in [7, 11) is 1.75. The third kappa shape index (κ3) is 3.50. The molecule has 4 atom stereocenters. The van der Waals surface area contributed by atoms with E-state index in [-0.39, 0.29) is 35.2 Å². The predicted octanol–water partition coefficient (Wildman–Crippen LogP) is 2.82. The molecule has 0 saturated carbocycles. The van der Waals surface area contributed by atoms with Crippen LogP contribution in [0.25, 0.3) is 0 Å². The van der Waals surface area contributed by atoms with E-state index in [4.69, 9.17) is 20.2 Å². The minimum atomic E-state index is -1.07. The Morgan fingerprint density at radius 1 is 1.38 bits per heavy atom. The quantitative estimate of drug-likeness (QED) is 0.705. The zero-order valence-electron chi connectivity index (χ0n) is 19.7. The van der Waals surface area contributed by atoms with Crippen LogP contribution in [0.15, 0.2) is 23.2 Å². The average molecular weight is 439 g/mol. The van der Waals surface area contributed by atoms with Gasteiger partial charge >= 0.3 is 0 Å². The lowest BCUT2D eigenvalue weighted by Crippen LogP contribution is -2.54. The summed E-state index contributed by atoms with van der Waals surface area (Å²) in [4.78, 5) is 20.6. The summed E-state index contributed by atoms with van der Waals surface area (Å²) in [5.74, 6) is 0.750. The number of benzene rings is 1. The zero-order valence-corrected chi connectivity index (χ0v) is 19.7. The number of carbonyl (C=O) groups is 1. The van der Waals surface area contributed by atoms with Gasteiger partial charge < -0.3 is 15.2 Å². The lowest BCUT2D eigenvalue weighted by molar-refractivity contribution is -0.142. The van der Waals surface area contributed by atoms with Gasteiger partial charge in [0.25, 0.3) is 5.91 Å². The molecule has 7 nitrogen and oxygen atoms in total. The summed E-state index contributed by atoms with van der Waals surface area (Å²) in [5.41, 5.74) is 7.64. The van der Waals surface area contributed by atoms with Crippen molar-refractivity contribution in [3.63, 3.8) is 0 Å². The van der Waals surface area contributed by atoms with Gasteiger partial charge in [0.05, 0.1) is 31.0 Å². The number of guanidine groups is 1. The first kappa shape index (κ1) is 22.8. The Bertz CT molecular complexity index is 978. The Hall–Kier alpha value is -2.43. The van der Waals surface area contributed by atoms with Crippen molar-refractivity contribution in [2.45, 2.75) is 52.2 Å². The van der Waals surface area contributed by atoms with Crippen LogP contribution in [0.5, 0.6) is 0 Å². The fraction of sp³-hybridized carbons (Fsp3) is 0.640. The first-order chi connectivity index (χ1) is 15.1. The van der Waals surface area contributed by atoms with Gasteiger partial charge in [-0.05, 0) is 47.9 Å². The van der Waals surface area contributed by atoms with E-state index in [1.807, 2.05) is 18.2 Å². The van der Waals surface area contributed by atoms with E-state index in [2.05, 4.69) is 33.8 Å². The number of carbonyl (C=O) groups excluding carboxylic acids is 1. The van der Waals surface area contributed by atoms with Gasteiger partial charge in [0.2, 0.25) is 0 Å². The molecule has 3 aliphatic rings. The van der Waals surface area contributed by atoms with Gasteiger partial charge in [-0.25, -0.2) is 4.99 Å². The van der Waals surface area contributed by atoms with E-state index in [0.717, 1.165) is 24.0 Å². The topological polar surface area (TPSA) is 101 Å². The van der Waals surface area contributed by atoms with Crippen molar-refractivity contribution >= 4 is 11.9 Å². The summed E-state index contributed by atoms with van der Waals surface area (Å²) in [6.45, 7) is 10.3. The van der Waals surface area contributed by atoms with Gasteiger partial charge in [0.1, 0.15) is 0 Å². The predicted molar refractivity (Wildman–Crippen MR) is 122 cm³/mol. The van der Waals surface area contributed by atoms with Gasteiger partial charge in [-0.3, -0.25) is 9.69 Å². The van der Waals surface area contributed by atoms with Gasteiger partial charge in [-0.15, -0.1) is 0 Å². The molecule has 32 heavy (non-hydrogen) atoms. The van der Waals surface area contributed by atoms with E-state index in [1.54, 1.807) is 12.0 Å². The molecule has 1 fully saturated rings. The number of ether oxygens (including phenoxy) is 2. The summed E-state index contributed by atoms with van der Waals surface area (Å²) in [5, 5.41) is 9.50. The molecule has 1 spiro atoms. The summed E-state index contributed by atoms with van der Waals surface area (Å²) < 4.78 is 11.2. The molecule has 0 radical (unpaired) electrons. The Morgan fingerprint density at radius 2 is 2.09 bits per heavy atom. The second-order valence-electron chi connectivity index (χ2n) is 10.5. The Balaban J connectivity index is 1.73. The normalized spacial score (nSPS) is 27.8. The molecule has 1 aliphatic carbocycles.